The molecular weight excluding hydrogens is 204 g/mol. The maximum absolute atomic E-state index is 11.5. The van der Waals surface area contributed by atoms with Gasteiger partial charge in [-0.15, -0.1) is 0 Å². The average Bonchev–Trinajstić information content (AvgIpc) is 2.27. The fourth-order valence-corrected chi connectivity index (χ4v) is 1.20. The number of nitrogens with one attached hydrogen (secondary N) is 1. The largest absolute Gasteiger partial charge is 0.391 e. The molecule has 0 aromatic carbocycles. The Morgan fingerprint density at radius 2 is 2.06 bits per heavy atom. The average molecular weight is 222 g/mol. The molecule has 0 aliphatic rings. The fraction of sp³-hybridized carbons (Fsp3) is 0.500. The molecule has 0 fully saturated rings. The maximum Gasteiger partial charge on any atom is 0.224 e. The number of aliphatic hydroxyl groups excluding tert-OH is 1. The number of rotatable bonds is 5. The molecule has 0 aliphatic heterocycles. The van der Waals surface area contributed by atoms with Crippen molar-refractivity contribution < 1.29 is 9.90 Å². The Labute approximate surface area is 95.7 Å². The van der Waals surface area contributed by atoms with Crippen molar-refractivity contribution in [1.82, 2.24) is 10.3 Å². The van der Waals surface area contributed by atoms with Crippen LogP contribution in [0, 0.1) is 5.92 Å². The molecule has 0 saturated carbocycles. The number of carbonyl (C=O) groups is 1. The van der Waals surface area contributed by atoms with Gasteiger partial charge in [0.05, 0.1) is 12.5 Å². The summed E-state index contributed by atoms with van der Waals surface area (Å²) in [7, 11) is 0. The molecule has 0 spiro atoms. The normalized spacial score (nSPS) is 12.5. The number of hydrogen-bond donors (Lipinski definition) is 2. The molecule has 1 unspecified atom stereocenters. The highest BCUT2D eigenvalue weighted by molar-refractivity contribution is 5.78. The molecule has 1 aromatic heterocycles. The minimum atomic E-state index is -0.485. The Morgan fingerprint density at radius 3 is 2.62 bits per heavy atom. The van der Waals surface area contributed by atoms with Crippen LogP contribution >= 0.6 is 0 Å². The van der Waals surface area contributed by atoms with Gasteiger partial charge in [0.25, 0.3) is 0 Å². The van der Waals surface area contributed by atoms with Gasteiger partial charge in [-0.1, -0.05) is 13.8 Å². The summed E-state index contributed by atoms with van der Waals surface area (Å²) in [5, 5.41) is 12.2. The van der Waals surface area contributed by atoms with Gasteiger partial charge >= 0.3 is 0 Å². The zero-order valence-corrected chi connectivity index (χ0v) is 9.68. The highest BCUT2D eigenvalue weighted by atomic mass is 16.3. The van der Waals surface area contributed by atoms with Crippen LogP contribution in [0.2, 0.25) is 0 Å². The number of hydrogen-bond acceptors (Lipinski definition) is 3. The van der Waals surface area contributed by atoms with Gasteiger partial charge < -0.3 is 10.4 Å². The van der Waals surface area contributed by atoms with E-state index < -0.39 is 6.10 Å². The van der Waals surface area contributed by atoms with Crippen LogP contribution in [-0.4, -0.2) is 28.6 Å². The van der Waals surface area contributed by atoms with Gasteiger partial charge in [0, 0.05) is 18.9 Å². The number of aromatic nitrogens is 1. The van der Waals surface area contributed by atoms with E-state index in [1.807, 2.05) is 13.8 Å². The van der Waals surface area contributed by atoms with Crippen LogP contribution in [0.3, 0.4) is 0 Å². The first-order chi connectivity index (χ1) is 7.59. The highest BCUT2D eigenvalue weighted by Gasteiger charge is 2.10. The van der Waals surface area contributed by atoms with Crippen molar-refractivity contribution in [3.8, 4) is 0 Å². The maximum atomic E-state index is 11.5. The van der Waals surface area contributed by atoms with E-state index in [-0.39, 0.29) is 11.8 Å². The lowest BCUT2D eigenvalue weighted by Gasteiger charge is -2.14. The molecule has 1 amide bonds. The van der Waals surface area contributed by atoms with E-state index in [1.165, 1.54) is 0 Å². The van der Waals surface area contributed by atoms with E-state index in [2.05, 4.69) is 10.3 Å². The lowest BCUT2D eigenvalue weighted by Crippen LogP contribution is -2.35. The van der Waals surface area contributed by atoms with Crippen molar-refractivity contribution >= 4 is 5.91 Å². The molecule has 1 rings (SSSR count). The molecule has 16 heavy (non-hydrogen) atoms. The Morgan fingerprint density at radius 1 is 1.44 bits per heavy atom. The summed E-state index contributed by atoms with van der Waals surface area (Å²) >= 11 is 0. The lowest BCUT2D eigenvalue weighted by atomic mass is 10.1. The van der Waals surface area contributed by atoms with Crippen LogP contribution in [0.15, 0.2) is 24.5 Å². The van der Waals surface area contributed by atoms with Crippen LogP contribution in [0.5, 0.6) is 0 Å². The summed E-state index contributed by atoms with van der Waals surface area (Å²) in [4.78, 5) is 15.4. The van der Waals surface area contributed by atoms with Gasteiger partial charge in [0.1, 0.15) is 0 Å². The highest BCUT2D eigenvalue weighted by Crippen LogP contribution is 2.00. The second-order valence-electron chi connectivity index (χ2n) is 4.15. The second-order valence-corrected chi connectivity index (χ2v) is 4.15. The van der Waals surface area contributed by atoms with Crippen LogP contribution < -0.4 is 5.32 Å². The molecule has 0 radical (unpaired) electrons. The van der Waals surface area contributed by atoms with E-state index in [4.69, 9.17) is 0 Å². The summed E-state index contributed by atoms with van der Waals surface area (Å²) in [6, 6.07) is 3.61. The van der Waals surface area contributed by atoms with E-state index in [9.17, 15) is 9.90 Å². The molecule has 1 aromatic rings. The van der Waals surface area contributed by atoms with Crippen molar-refractivity contribution in [1.29, 1.82) is 0 Å². The second kappa shape index (κ2) is 6.23. The molecule has 0 bridgehead atoms. The molecule has 4 heteroatoms. The van der Waals surface area contributed by atoms with Gasteiger partial charge in [0.2, 0.25) is 5.91 Å². The van der Waals surface area contributed by atoms with E-state index in [0.29, 0.717) is 13.0 Å². The fourth-order valence-electron chi connectivity index (χ4n) is 1.20. The predicted molar refractivity (Wildman–Crippen MR) is 61.8 cm³/mol. The predicted octanol–water partition coefficient (Wildman–Crippen LogP) is 0.757. The summed E-state index contributed by atoms with van der Waals surface area (Å²) in [6.07, 6.45) is 3.16. The summed E-state index contributed by atoms with van der Waals surface area (Å²) in [5.74, 6) is 0.0760. The van der Waals surface area contributed by atoms with Crippen LogP contribution in [0.25, 0.3) is 0 Å². The van der Waals surface area contributed by atoms with Crippen LogP contribution in [0.1, 0.15) is 19.4 Å². The zero-order valence-electron chi connectivity index (χ0n) is 9.68. The Balaban J connectivity index is 2.32. The Hall–Kier alpha value is -1.42. The first kappa shape index (κ1) is 12.6. The van der Waals surface area contributed by atoms with E-state index in [0.717, 1.165) is 5.56 Å². The number of aliphatic hydroxyl groups is 1. The third-order valence-electron chi connectivity index (χ3n) is 2.39. The summed E-state index contributed by atoms with van der Waals surface area (Å²) in [6.45, 7) is 4.14. The van der Waals surface area contributed by atoms with Gasteiger partial charge in [0.15, 0.2) is 0 Å². The topological polar surface area (TPSA) is 62.2 Å². The first-order valence-corrected chi connectivity index (χ1v) is 5.43. The first-order valence-electron chi connectivity index (χ1n) is 5.43. The van der Waals surface area contributed by atoms with Gasteiger partial charge in [-0.3, -0.25) is 9.78 Å². The summed E-state index contributed by atoms with van der Waals surface area (Å²) in [5.41, 5.74) is 0.923. The van der Waals surface area contributed by atoms with Crippen LogP contribution in [0.4, 0.5) is 0 Å². The SMILES string of the molecule is CC(C)C(O)CNC(=O)Cc1ccncc1. The molecule has 4 nitrogen and oxygen atoms in total. The number of nitrogens with zero attached hydrogens (tertiary/aromatic N) is 1. The molecule has 1 atom stereocenters. The Bertz CT molecular complexity index is 325. The Kier molecular flexibility index (Phi) is 4.92. The van der Waals surface area contributed by atoms with Crippen molar-refractivity contribution in [2.75, 3.05) is 6.54 Å². The summed E-state index contributed by atoms with van der Waals surface area (Å²) < 4.78 is 0. The zero-order chi connectivity index (χ0) is 12.0. The van der Waals surface area contributed by atoms with Crippen molar-refractivity contribution in [3.63, 3.8) is 0 Å². The van der Waals surface area contributed by atoms with E-state index in [1.54, 1.807) is 24.5 Å². The van der Waals surface area contributed by atoms with Crippen molar-refractivity contribution in [2.45, 2.75) is 26.4 Å². The number of amides is 1. The standard InChI is InChI=1S/C12H18N2O2/c1-9(2)11(15)8-14-12(16)7-10-3-5-13-6-4-10/h3-6,9,11,15H,7-8H2,1-2H3,(H,14,16). The van der Waals surface area contributed by atoms with E-state index >= 15 is 0 Å². The van der Waals surface area contributed by atoms with Crippen LogP contribution in [-0.2, 0) is 11.2 Å². The molecule has 0 saturated heterocycles. The third kappa shape index (κ3) is 4.40. The monoisotopic (exact) mass is 222 g/mol. The third-order valence-corrected chi connectivity index (χ3v) is 2.39. The quantitative estimate of drug-likeness (QED) is 0.773. The number of carbonyl (C=O) groups excluding carboxylic acids is 1. The molecule has 1 heterocycles. The van der Waals surface area contributed by atoms with Crippen molar-refractivity contribution in [2.24, 2.45) is 5.92 Å². The lowest BCUT2D eigenvalue weighted by molar-refractivity contribution is -0.121. The minimum Gasteiger partial charge on any atom is -0.391 e. The van der Waals surface area contributed by atoms with Gasteiger partial charge in [-0.25, -0.2) is 0 Å². The van der Waals surface area contributed by atoms with Gasteiger partial charge in [-0.2, -0.15) is 0 Å². The van der Waals surface area contributed by atoms with Crippen molar-refractivity contribution in [3.05, 3.63) is 30.1 Å². The number of pyridine rings is 1. The van der Waals surface area contributed by atoms with Gasteiger partial charge in [-0.05, 0) is 23.6 Å². The molecular formula is C12H18N2O2. The smallest absolute Gasteiger partial charge is 0.224 e. The molecule has 0 aliphatic carbocycles. The minimum absolute atomic E-state index is 0.0779. The molecule has 88 valence electrons. The molecule has 2 N–H and O–H groups in total.